The molecule has 1 amide bonds. The number of amides is 1. The van der Waals surface area contributed by atoms with Crippen LogP contribution < -0.4 is 5.32 Å². The van der Waals surface area contributed by atoms with Gasteiger partial charge in [0.05, 0.1) is 17.1 Å². The molecular weight excluding hydrogens is 348 g/mol. The molecule has 2 aromatic rings. The highest BCUT2D eigenvalue weighted by Gasteiger charge is 2.30. The number of aryl methyl sites for hydroxylation is 1. The van der Waals surface area contributed by atoms with E-state index in [1.807, 2.05) is 32.0 Å². The average Bonchev–Trinajstić information content (AvgIpc) is 3.06. The number of sulfone groups is 1. The van der Waals surface area contributed by atoms with Crippen LogP contribution >= 0.6 is 0 Å². The summed E-state index contributed by atoms with van der Waals surface area (Å²) in [5.74, 6) is 0.414. The molecule has 140 valence electrons. The van der Waals surface area contributed by atoms with E-state index in [1.165, 1.54) is 5.56 Å². The molecule has 1 aromatic heterocycles. The minimum atomic E-state index is -3.01. The molecular formula is C20H26N2O3S. The molecule has 1 saturated heterocycles. The molecule has 1 aliphatic heterocycles. The van der Waals surface area contributed by atoms with E-state index in [0.29, 0.717) is 17.9 Å². The van der Waals surface area contributed by atoms with Gasteiger partial charge >= 0.3 is 0 Å². The normalized spacial score (nSPS) is 19.0. The second-order valence-corrected chi connectivity index (χ2v) is 9.67. The van der Waals surface area contributed by atoms with Gasteiger partial charge in [-0.3, -0.25) is 4.79 Å². The van der Waals surface area contributed by atoms with Crippen LogP contribution in [-0.4, -0.2) is 36.4 Å². The summed E-state index contributed by atoms with van der Waals surface area (Å²) < 4.78 is 25.3. The molecule has 1 aromatic carbocycles. The molecule has 0 unspecified atom stereocenters. The maximum absolute atomic E-state index is 12.7. The number of nitrogens with one attached hydrogen (secondary N) is 1. The number of hydrogen-bond acceptors (Lipinski definition) is 3. The SMILES string of the molecule is Cc1cc(C(=O)N[C@H]2CCS(=O)(=O)C2)c(C)n1-c1cccc(C(C)C)c1. The number of hydrogen-bond donors (Lipinski definition) is 1. The number of nitrogens with zero attached hydrogens (tertiary/aromatic N) is 1. The predicted molar refractivity (Wildman–Crippen MR) is 104 cm³/mol. The lowest BCUT2D eigenvalue weighted by molar-refractivity contribution is 0.0940. The van der Waals surface area contributed by atoms with Gasteiger partial charge in [0.1, 0.15) is 0 Å². The minimum absolute atomic E-state index is 0.0356. The van der Waals surface area contributed by atoms with Crippen LogP contribution in [0.5, 0.6) is 0 Å². The quantitative estimate of drug-likeness (QED) is 0.894. The fourth-order valence-electron chi connectivity index (χ4n) is 3.58. The molecule has 2 heterocycles. The summed E-state index contributed by atoms with van der Waals surface area (Å²) in [6, 6.07) is 9.91. The van der Waals surface area contributed by atoms with E-state index in [0.717, 1.165) is 17.1 Å². The van der Waals surface area contributed by atoms with Crippen molar-refractivity contribution in [2.45, 2.75) is 46.1 Å². The van der Waals surface area contributed by atoms with E-state index >= 15 is 0 Å². The lowest BCUT2D eigenvalue weighted by atomic mass is 10.0. The zero-order valence-electron chi connectivity index (χ0n) is 15.7. The highest BCUT2D eigenvalue weighted by molar-refractivity contribution is 7.91. The molecule has 1 fully saturated rings. The Kier molecular flexibility index (Phi) is 4.97. The van der Waals surface area contributed by atoms with Crippen LogP contribution in [0.1, 0.15) is 53.5 Å². The Morgan fingerprint density at radius 3 is 2.58 bits per heavy atom. The summed E-state index contributed by atoms with van der Waals surface area (Å²) >= 11 is 0. The Bertz CT molecular complexity index is 942. The monoisotopic (exact) mass is 374 g/mol. The highest BCUT2D eigenvalue weighted by Crippen LogP contribution is 2.24. The van der Waals surface area contributed by atoms with Crippen molar-refractivity contribution in [3.63, 3.8) is 0 Å². The number of carbonyl (C=O) groups excluding carboxylic acids is 1. The van der Waals surface area contributed by atoms with Crippen LogP contribution in [0, 0.1) is 13.8 Å². The second-order valence-electron chi connectivity index (χ2n) is 7.44. The van der Waals surface area contributed by atoms with Crippen LogP contribution in [0.3, 0.4) is 0 Å². The van der Waals surface area contributed by atoms with Gasteiger partial charge in [-0.05, 0) is 49.9 Å². The molecule has 1 aliphatic rings. The largest absolute Gasteiger partial charge is 0.348 e. The standard InChI is InChI=1S/C20H26N2O3S/c1-13(2)16-6-5-7-18(11-16)22-14(3)10-19(15(22)4)20(23)21-17-8-9-26(24,25)12-17/h5-7,10-11,13,17H,8-9,12H2,1-4H3,(H,21,23)/t17-/m0/s1. The van der Waals surface area contributed by atoms with Gasteiger partial charge < -0.3 is 9.88 Å². The number of carbonyl (C=O) groups is 1. The third-order valence-corrected chi connectivity index (χ3v) is 6.81. The topological polar surface area (TPSA) is 68.2 Å². The van der Waals surface area contributed by atoms with E-state index in [9.17, 15) is 13.2 Å². The first-order valence-corrected chi connectivity index (χ1v) is 10.8. The molecule has 6 heteroatoms. The molecule has 0 aliphatic carbocycles. The molecule has 1 atom stereocenters. The molecule has 0 spiro atoms. The lowest BCUT2D eigenvalue weighted by Crippen LogP contribution is -2.35. The molecule has 0 radical (unpaired) electrons. The van der Waals surface area contributed by atoms with E-state index < -0.39 is 9.84 Å². The van der Waals surface area contributed by atoms with E-state index in [-0.39, 0.29) is 23.5 Å². The Morgan fingerprint density at radius 1 is 1.23 bits per heavy atom. The van der Waals surface area contributed by atoms with Crippen molar-refractivity contribution in [1.82, 2.24) is 9.88 Å². The third kappa shape index (κ3) is 3.70. The predicted octanol–water partition coefficient (Wildman–Crippen LogP) is 3.13. The fourth-order valence-corrected chi connectivity index (χ4v) is 5.26. The first-order valence-electron chi connectivity index (χ1n) is 8.98. The van der Waals surface area contributed by atoms with Crippen molar-refractivity contribution in [2.75, 3.05) is 11.5 Å². The molecule has 1 N–H and O–H groups in total. The van der Waals surface area contributed by atoms with Gasteiger partial charge in [0.25, 0.3) is 5.91 Å². The first-order chi connectivity index (χ1) is 12.2. The average molecular weight is 375 g/mol. The van der Waals surface area contributed by atoms with Crippen molar-refractivity contribution >= 4 is 15.7 Å². The second kappa shape index (κ2) is 6.91. The third-order valence-electron chi connectivity index (χ3n) is 5.04. The zero-order chi connectivity index (χ0) is 19.1. The van der Waals surface area contributed by atoms with E-state index in [2.05, 4.69) is 35.9 Å². The summed E-state index contributed by atoms with van der Waals surface area (Å²) in [5, 5.41) is 2.88. The molecule has 0 bridgehead atoms. The van der Waals surface area contributed by atoms with Crippen molar-refractivity contribution < 1.29 is 13.2 Å². The number of aromatic nitrogens is 1. The summed E-state index contributed by atoms with van der Waals surface area (Å²) in [5.41, 5.74) is 4.72. The Morgan fingerprint density at radius 2 is 1.96 bits per heavy atom. The number of rotatable bonds is 4. The highest BCUT2D eigenvalue weighted by atomic mass is 32.2. The molecule has 0 saturated carbocycles. The van der Waals surface area contributed by atoms with Crippen LogP contribution in [0.15, 0.2) is 30.3 Å². The van der Waals surface area contributed by atoms with E-state index in [4.69, 9.17) is 0 Å². The van der Waals surface area contributed by atoms with Gasteiger partial charge in [-0.1, -0.05) is 26.0 Å². The minimum Gasteiger partial charge on any atom is -0.348 e. The van der Waals surface area contributed by atoms with Crippen molar-refractivity contribution in [2.24, 2.45) is 0 Å². The lowest BCUT2D eigenvalue weighted by Gasteiger charge is -2.14. The first kappa shape index (κ1) is 18.7. The summed E-state index contributed by atoms with van der Waals surface area (Å²) in [6.45, 7) is 8.22. The number of benzene rings is 1. The Hall–Kier alpha value is -2.08. The summed E-state index contributed by atoms with van der Waals surface area (Å²) in [4.78, 5) is 12.7. The van der Waals surface area contributed by atoms with Crippen molar-refractivity contribution in [3.8, 4) is 5.69 Å². The van der Waals surface area contributed by atoms with Crippen LogP contribution in [-0.2, 0) is 9.84 Å². The van der Waals surface area contributed by atoms with Crippen LogP contribution in [0.25, 0.3) is 5.69 Å². The Labute approximate surface area is 155 Å². The van der Waals surface area contributed by atoms with Gasteiger partial charge in [0, 0.05) is 23.1 Å². The molecule has 26 heavy (non-hydrogen) atoms. The van der Waals surface area contributed by atoms with Gasteiger partial charge in [0.2, 0.25) is 0 Å². The van der Waals surface area contributed by atoms with E-state index in [1.54, 1.807) is 0 Å². The van der Waals surface area contributed by atoms with Crippen molar-refractivity contribution in [1.29, 1.82) is 0 Å². The fraction of sp³-hybridized carbons (Fsp3) is 0.450. The summed E-state index contributed by atoms with van der Waals surface area (Å²) in [6.07, 6.45) is 0.489. The summed E-state index contributed by atoms with van der Waals surface area (Å²) in [7, 11) is -3.01. The van der Waals surface area contributed by atoms with Crippen LogP contribution in [0.2, 0.25) is 0 Å². The van der Waals surface area contributed by atoms with Gasteiger partial charge in [-0.25, -0.2) is 8.42 Å². The van der Waals surface area contributed by atoms with Gasteiger partial charge in [-0.15, -0.1) is 0 Å². The Balaban J connectivity index is 1.88. The molecule has 3 rings (SSSR count). The zero-order valence-corrected chi connectivity index (χ0v) is 16.6. The smallest absolute Gasteiger partial charge is 0.253 e. The maximum atomic E-state index is 12.7. The van der Waals surface area contributed by atoms with Gasteiger partial charge in [-0.2, -0.15) is 0 Å². The van der Waals surface area contributed by atoms with Crippen molar-refractivity contribution in [3.05, 3.63) is 52.8 Å². The van der Waals surface area contributed by atoms with Crippen LogP contribution in [0.4, 0.5) is 0 Å². The maximum Gasteiger partial charge on any atom is 0.253 e. The molecule has 5 nitrogen and oxygen atoms in total. The van der Waals surface area contributed by atoms with Gasteiger partial charge in [0.15, 0.2) is 9.84 Å².